The summed E-state index contributed by atoms with van der Waals surface area (Å²) in [5.74, 6) is -1.35. The van der Waals surface area contributed by atoms with Crippen LogP contribution < -0.4 is 0 Å². The lowest BCUT2D eigenvalue weighted by atomic mass is 9.91. The van der Waals surface area contributed by atoms with E-state index in [2.05, 4.69) is 4.98 Å². The fraction of sp³-hybridized carbons (Fsp3) is 0.214. The van der Waals surface area contributed by atoms with E-state index >= 15 is 0 Å². The van der Waals surface area contributed by atoms with E-state index in [0.717, 1.165) is 0 Å². The van der Waals surface area contributed by atoms with Crippen molar-refractivity contribution in [1.29, 1.82) is 0 Å². The Kier molecular flexibility index (Phi) is 8.06. The van der Waals surface area contributed by atoms with Crippen LogP contribution in [0.25, 0.3) is 28.1 Å². The molecule has 0 saturated carbocycles. The second-order valence-electron chi connectivity index (χ2n) is 8.44. The van der Waals surface area contributed by atoms with E-state index in [4.69, 9.17) is 26.2 Å². The maximum Gasteiger partial charge on any atom is 0.340 e. The molecule has 0 amide bonds. The van der Waals surface area contributed by atoms with Crippen molar-refractivity contribution in [3.05, 3.63) is 92.4 Å². The monoisotopic (exact) mass is 548 g/mol. The predicted molar refractivity (Wildman–Crippen MR) is 145 cm³/mol. The van der Waals surface area contributed by atoms with Gasteiger partial charge in [0.15, 0.2) is 0 Å². The molecule has 10 nitrogen and oxygen atoms in total. The number of pyridine rings is 1. The second-order valence-corrected chi connectivity index (χ2v) is 8.85. The van der Waals surface area contributed by atoms with Gasteiger partial charge in [0.05, 0.1) is 46.3 Å². The smallest absolute Gasteiger partial charge is 0.340 e. The number of rotatable bonds is 8. The molecule has 0 aliphatic heterocycles. The number of aryl methyl sites for hydroxylation is 2. The molecule has 0 aliphatic rings. The van der Waals surface area contributed by atoms with E-state index in [1.165, 1.54) is 12.1 Å². The summed E-state index contributed by atoms with van der Waals surface area (Å²) in [7, 11) is 0. The zero-order valence-electron chi connectivity index (χ0n) is 21.7. The Morgan fingerprint density at radius 2 is 1.56 bits per heavy atom. The molecule has 2 aromatic heterocycles. The van der Waals surface area contributed by atoms with Crippen LogP contribution in [0.3, 0.4) is 0 Å². The van der Waals surface area contributed by atoms with Crippen LogP contribution in [0.5, 0.6) is 0 Å². The van der Waals surface area contributed by atoms with Crippen molar-refractivity contribution < 1.29 is 24.0 Å². The third-order valence-electron chi connectivity index (χ3n) is 5.94. The summed E-state index contributed by atoms with van der Waals surface area (Å²) >= 11 is 6.08. The van der Waals surface area contributed by atoms with E-state index in [9.17, 15) is 19.7 Å². The number of nitrogens with zero attached hydrogens (tertiary/aromatic N) is 4. The van der Waals surface area contributed by atoms with Crippen molar-refractivity contribution >= 4 is 29.2 Å². The highest BCUT2D eigenvalue weighted by atomic mass is 35.5. The Morgan fingerprint density at radius 3 is 2.10 bits per heavy atom. The van der Waals surface area contributed by atoms with Gasteiger partial charge in [-0.1, -0.05) is 35.9 Å². The topological polar surface area (TPSA) is 126 Å². The quantitative estimate of drug-likeness (QED) is 0.146. The number of esters is 2. The first-order valence-corrected chi connectivity index (χ1v) is 12.5. The van der Waals surface area contributed by atoms with Gasteiger partial charge in [-0.15, -0.1) is 0 Å². The molecule has 0 fully saturated rings. The first-order valence-electron chi connectivity index (χ1n) is 12.1. The third kappa shape index (κ3) is 5.37. The Bertz CT molecular complexity index is 1540. The maximum absolute atomic E-state index is 13.3. The van der Waals surface area contributed by atoms with Crippen molar-refractivity contribution in [2.75, 3.05) is 13.2 Å². The molecule has 0 N–H and O–H groups in total. The number of carbonyl (C=O) groups excluding carboxylic acids is 2. The molecule has 0 spiro atoms. The molecule has 39 heavy (non-hydrogen) atoms. The lowest BCUT2D eigenvalue weighted by Gasteiger charge is -2.17. The summed E-state index contributed by atoms with van der Waals surface area (Å²) in [5.41, 5.74) is 2.41. The number of ether oxygens (including phenoxy) is 2. The van der Waals surface area contributed by atoms with Gasteiger partial charge >= 0.3 is 11.9 Å². The average molecular weight is 549 g/mol. The molecular weight excluding hydrogens is 524 g/mol. The largest absolute Gasteiger partial charge is 0.462 e. The van der Waals surface area contributed by atoms with Gasteiger partial charge in [-0.25, -0.2) is 14.3 Å². The van der Waals surface area contributed by atoms with Crippen LogP contribution in [-0.2, 0) is 9.47 Å². The lowest BCUT2D eigenvalue weighted by Crippen LogP contribution is -2.17. The number of nitro groups is 1. The standard InChI is InChI=1S/C28H25ClN4O6/c1-5-38-27(34)23-16(3)30-17(4)24(28(35)39-6-2)25(23)20-15-32(19-10-8-7-9-11-19)31-26(20)18-12-13-21(29)22(14-18)33(36)37/h7-15H,5-6H2,1-4H3. The number of benzene rings is 2. The van der Waals surface area contributed by atoms with Crippen molar-refractivity contribution in [2.24, 2.45) is 0 Å². The van der Waals surface area contributed by atoms with Crippen LogP contribution in [0.2, 0.25) is 5.02 Å². The molecule has 2 aromatic carbocycles. The highest BCUT2D eigenvalue weighted by Gasteiger charge is 2.31. The molecule has 11 heteroatoms. The average Bonchev–Trinajstić information content (AvgIpc) is 3.34. The molecule has 4 rings (SSSR count). The molecular formula is C28H25ClN4O6. The van der Waals surface area contributed by atoms with Crippen molar-refractivity contribution in [3.8, 4) is 28.1 Å². The summed E-state index contributed by atoms with van der Waals surface area (Å²) in [4.78, 5) is 42.1. The van der Waals surface area contributed by atoms with Crippen molar-refractivity contribution in [1.82, 2.24) is 14.8 Å². The molecule has 4 aromatic rings. The summed E-state index contributed by atoms with van der Waals surface area (Å²) in [6, 6.07) is 13.5. The van der Waals surface area contributed by atoms with E-state index in [0.29, 0.717) is 28.2 Å². The van der Waals surface area contributed by atoms with Crippen molar-refractivity contribution in [2.45, 2.75) is 27.7 Å². The highest BCUT2D eigenvalue weighted by Crippen LogP contribution is 2.40. The lowest BCUT2D eigenvalue weighted by molar-refractivity contribution is -0.384. The van der Waals surface area contributed by atoms with E-state index in [1.54, 1.807) is 44.6 Å². The minimum atomic E-state index is -0.677. The van der Waals surface area contributed by atoms with Gasteiger partial charge in [0.25, 0.3) is 5.69 Å². The Hall–Kier alpha value is -4.57. The van der Waals surface area contributed by atoms with Gasteiger partial charge in [0, 0.05) is 29.0 Å². The van der Waals surface area contributed by atoms with Crippen LogP contribution in [0.1, 0.15) is 46.0 Å². The number of para-hydroxylation sites is 1. The van der Waals surface area contributed by atoms with Gasteiger partial charge in [0.2, 0.25) is 0 Å². The fourth-order valence-electron chi connectivity index (χ4n) is 4.31. The van der Waals surface area contributed by atoms with E-state index in [-0.39, 0.29) is 46.3 Å². The molecule has 0 unspecified atom stereocenters. The molecule has 0 aliphatic carbocycles. The van der Waals surface area contributed by atoms with Gasteiger partial charge in [-0.3, -0.25) is 15.1 Å². The van der Waals surface area contributed by atoms with Crippen LogP contribution >= 0.6 is 11.6 Å². The van der Waals surface area contributed by atoms with Crippen LogP contribution in [0.4, 0.5) is 5.69 Å². The SMILES string of the molecule is CCOC(=O)c1c(C)nc(C)c(C(=O)OCC)c1-c1cn(-c2ccccc2)nc1-c1ccc(Cl)c([N+](=O)[O-])c1. The number of hydrogen-bond acceptors (Lipinski definition) is 8. The van der Waals surface area contributed by atoms with E-state index < -0.39 is 16.9 Å². The Labute approximate surface area is 229 Å². The zero-order chi connectivity index (χ0) is 28.3. The molecule has 0 atom stereocenters. The van der Waals surface area contributed by atoms with Crippen molar-refractivity contribution in [3.63, 3.8) is 0 Å². The molecule has 2 heterocycles. The molecule has 0 bridgehead atoms. The molecule has 0 saturated heterocycles. The third-order valence-corrected chi connectivity index (χ3v) is 6.26. The summed E-state index contributed by atoms with van der Waals surface area (Å²) in [6.45, 7) is 6.83. The first kappa shape index (κ1) is 27.5. The number of aromatic nitrogens is 3. The minimum Gasteiger partial charge on any atom is -0.462 e. The highest BCUT2D eigenvalue weighted by molar-refractivity contribution is 6.32. The summed E-state index contributed by atoms with van der Waals surface area (Å²) < 4.78 is 12.3. The number of halogens is 1. The maximum atomic E-state index is 13.3. The first-order chi connectivity index (χ1) is 18.7. The molecule has 200 valence electrons. The number of carbonyl (C=O) groups is 2. The second kappa shape index (κ2) is 11.4. The zero-order valence-corrected chi connectivity index (χ0v) is 22.5. The van der Waals surface area contributed by atoms with Gasteiger partial charge < -0.3 is 9.47 Å². The Morgan fingerprint density at radius 1 is 0.974 bits per heavy atom. The van der Waals surface area contributed by atoms with Crippen LogP contribution in [0, 0.1) is 24.0 Å². The fourth-order valence-corrected chi connectivity index (χ4v) is 4.50. The van der Waals surface area contributed by atoms with Gasteiger partial charge in [0.1, 0.15) is 10.7 Å². The number of nitro benzene ring substituents is 1. The predicted octanol–water partition coefficient (Wildman–Crippen LogP) is 6.13. The minimum absolute atomic E-state index is 0.0391. The summed E-state index contributed by atoms with van der Waals surface area (Å²) in [5, 5.41) is 16.4. The van der Waals surface area contributed by atoms with Gasteiger partial charge in [-0.2, -0.15) is 5.10 Å². The Balaban J connectivity index is 2.14. The number of hydrogen-bond donors (Lipinski definition) is 0. The van der Waals surface area contributed by atoms with Crippen LogP contribution in [0.15, 0.2) is 54.7 Å². The van der Waals surface area contributed by atoms with Gasteiger partial charge in [-0.05, 0) is 45.9 Å². The van der Waals surface area contributed by atoms with Crippen LogP contribution in [-0.4, -0.2) is 44.8 Å². The molecule has 0 radical (unpaired) electrons. The normalized spacial score (nSPS) is 10.8. The van der Waals surface area contributed by atoms with E-state index in [1.807, 2.05) is 30.3 Å². The summed E-state index contributed by atoms with van der Waals surface area (Å²) in [6.07, 6.45) is 1.66.